The van der Waals surface area contributed by atoms with Crippen molar-refractivity contribution >= 4 is 10.8 Å². The molecule has 2 N–H and O–H groups in total. The molecule has 0 bridgehead atoms. The minimum absolute atomic E-state index is 0.100. The smallest absolute Gasteiger partial charge is 0.0424 e. The second-order valence-corrected chi connectivity index (χ2v) is 7.22. The summed E-state index contributed by atoms with van der Waals surface area (Å²) < 4.78 is 0. The van der Waals surface area contributed by atoms with Crippen LogP contribution in [0.5, 0.6) is 0 Å². The largest absolute Gasteiger partial charge is 0.323 e. The third-order valence-electron chi connectivity index (χ3n) is 4.64. The maximum Gasteiger partial charge on any atom is 0.0424 e. The minimum atomic E-state index is 0.100. The van der Waals surface area contributed by atoms with Crippen LogP contribution in [0.3, 0.4) is 0 Å². The first-order valence-corrected chi connectivity index (χ1v) is 8.00. The highest BCUT2D eigenvalue weighted by atomic mass is 15.1. The van der Waals surface area contributed by atoms with Crippen molar-refractivity contribution in [2.75, 3.05) is 19.6 Å². The van der Waals surface area contributed by atoms with Crippen molar-refractivity contribution in [1.29, 1.82) is 0 Å². The Bertz CT molecular complexity index is 618. The lowest BCUT2D eigenvalue weighted by Crippen LogP contribution is -2.43. The van der Waals surface area contributed by atoms with E-state index < -0.39 is 0 Å². The summed E-state index contributed by atoms with van der Waals surface area (Å²) in [7, 11) is 0. The Balaban J connectivity index is 1.73. The molecule has 0 amide bonds. The molecular weight excluding hydrogens is 256 g/mol. The average molecular weight is 282 g/mol. The summed E-state index contributed by atoms with van der Waals surface area (Å²) in [5, 5.41) is 2.57. The normalized spacial score (nSPS) is 20.5. The van der Waals surface area contributed by atoms with Crippen molar-refractivity contribution in [3.8, 4) is 0 Å². The monoisotopic (exact) mass is 282 g/mol. The first kappa shape index (κ1) is 14.6. The van der Waals surface area contributed by atoms with Gasteiger partial charge in [-0.2, -0.15) is 0 Å². The molecule has 0 spiro atoms. The molecule has 1 unspecified atom stereocenters. The lowest BCUT2D eigenvalue weighted by atomic mass is 9.84. The fraction of sp³-hybridized carbons (Fsp3) is 0.474. The number of rotatable bonds is 3. The van der Waals surface area contributed by atoms with E-state index in [1.807, 2.05) is 0 Å². The summed E-state index contributed by atoms with van der Waals surface area (Å²) in [5.74, 6) is 0. The fourth-order valence-corrected chi connectivity index (χ4v) is 3.52. The molecule has 0 radical (unpaired) electrons. The zero-order chi connectivity index (χ0) is 14.9. The van der Waals surface area contributed by atoms with Gasteiger partial charge in [0, 0.05) is 19.1 Å². The Labute approximate surface area is 127 Å². The molecule has 1 aliphatic heterocycles. The molecule has 0 aliphatic carbocycles. The Morgan fingerprint density at radius 2 is 1.90 bits per heavy atom. The molecule has 21 heavy (non-hydrogen) atoms. The number of likely N-dealkylation sites (tertiary alicyclic amines) is 1. The molecule has 0 aromatic heterocycles. The number of nitrogens with zero attached hydrogens (tertiary/aromatic N) is 1. The first-order valence-electron chi connectivity index (χ1n) is 8.00. The molecule has 112 valence electrons. The number of fused-ring (bicyclic) bond motifs is 1. The molecule has 1 atom stereocenters. The summed E-state index contributed by atoms with van der Waals surface area (Å²) in [6.07, 6.45) is 2.62. The van der Waals surface area contributed by atoms with Crippen LogP contribution < -0.4 is 5.73 Å². The maximum atomic E-state index is 6.46. The number of hydrogen-bond donors (Lipinski definition) is 1. The van der Waals surface area contributed by atoms with Gasteiger partial charge in [-0.1, -0.05) is 50.2 Å². The summed E-state index contributed by atoms with van der Waals surface area (Å²) in [4.78, 5) is 2.53. The standard InChI is InChI=1S/C19H26N2/c1-19(2)10-5-11-21(14-19)13-18(20)17-9-8-15-6-3-4-7-16(15)12-17/h3-4,6-9,12,18H,5,10-11,13-14,20H2,1-2H3. The Hall–Kier alpha value is -1.38. The lowest BCUT2D eigenvalue weighted by molar-refractivity contribution is 0.112. The number of nitrogens with two attached hydrogens (primary N) is 1. The third kappa shape index (κ3) is 3.45. The SMILES string of the molecule is CC1(C)CCCN(CC(N)c2ccc3ccccc3c2)C1. The van der Waals surface area contributed by atoms with Crippen LogP contribution >= 0.6 is 0 Å². The second-order valence-electron chi connectivity index (χ2n) is 7.22. The van der Waals surface area contributed by atoms with Gasteiger partial charge in [0.2, 0.25) is 0 Å². The van der Waals surface area contributed by atoms with E-state index in [0.717, 1.165) is 13.1 Å². The summed E-state index contributed by atoms with van der Waals surface area (Å²) in [6, 6.07) is 15.2. The number of benzene rings is 2. The van der Waals surface area contributed by atoms with Crippen molar-refractivity contribution in [2.45, 2.75) is 32.7 Å². The van der Waals surface area contributed by atoms with Crippen molar-refractivity contribution in [2.24, 2.45) is 11.1 Å². The Morgan fingerprint density at radius 1 is 1.14 bits per heavy atom. The van der Waals surface area contributed by atoms with Crippen molar-refractivity contribution in [1.82, 2.24) is 4.90 Å². The highest BCUT2D eigenvalue weighted by molar-refractivity contribution is 5.83. The fourth-order valence-electron chi connectivity index (χ4n) is 3.52. The van der Waals surface area contributed by atoms with Gasteiger partial charge in [-0.25, -0.2) is 0 Å². The van der Waals surface area contributed by atoms with Crippen LogP contribution in [0.2, 0.25) is 0 Å². The van der Waals surface area contributed by atoms with Gasteiger partial charge in [-0.05, 0) is 47.2 Å². The molecule has 2 nitrogen and oxygen atoms in total. The van der Waals surface area contributed by atoms with Crippen LogP contribution in [0, 0.1) is 5.41 Å². The predicted molar refractivity (Wildman–Crippen MR) is 90.3 cm³/mol. The van der Waals surface area contributed by atoms with Crippen LogP contribution in [0.15, 0.2) is 42.5 Å². The van der Waals surface area contributed by atoms with E-state index in [0.29, 0.717) is 5.41 Å². The van der Waals surface area contributed by atoms with E-state index in [9.17, 15) is 0 Å². The average Bonchev–Trinajstić information content (AvgIpc) is 2.45. The van der Waals surface area contributed by atoms with E-state index in [2.05, 4.69) is 61.2 Å². The van der Waals surface area contributed by atoms with Crippen LogP contribution in [-0.4, -0.2) is 24.5 Å². The zero-order valence-electron chi connectivity index (χ0n) is 13.2. The quantitative estimate of drug-likeness (QED) is 0.923. The molecule has 1 heterocycles. The summed E-state index contributed by atoms with van der Waals surface area (Å²) in [6.45, 7) is 8.03. The van der Waals surface area contributed by atoms with Gasteiger partial charge in [0.15, 0.2) is 0 Å². The van der Waals surface area contributed by atoms with Crippen molar-refractivity contribution in [3.05, 3.63) is 48.0 Å². The van der Waals surface area contributed by atoms with Crippen molar-refractivity contribution < 1.29 is 0 Å². The molecule has 3 rings (SSSR count). The second kappa shape index (κ2) is 5.78. The molecule has 0 saturated carbocycles. The van der Waals surface area contributed by atoms with Crippen LogP contribution in [0.4, 0.5) is 0 Å². The third-order valence-corrected chi connectivity index (χ3v) is 4.64. The molecule has 2 aromatic rings. The number of hydrogen-bond acceptors (Lipinski definition) is 2. The minimum Gasteiger partial charge on any atom is -0.323 e. The van der Waals surface area contributed by atoms with E-state index in [1.165, 1.54) is 35.7 Å². The highest BCUT2D eigenvalue weighted by Crippen LogP contribution is 2.29. The first-order chi connectivity index (χ1) is 10.0. The van der Waals surface area contributed by atoms with Gasteiger partial charge in [0.05, 0.1) is 0 Å². The van der Waals surface area contributed by atoms with Gasteiger partial charge < -0.3 is 10.6 Å². The van der Waals surface area contributed by atoms with Crippen molar-refractivity contribution in [3.63, 3.8) is 0 Å². The maximum absolute atomic E-state index is 6.46. The van der Waals surface area contributed by atoms with Gasteiger partial charge in [-0.15, -0.1) is 0 Å². The van der Waals surface area contributed by atoms with Gasteiger partial charge >= 0.3 is 0 Å². The van der Waals surface area contributed by atoms with Gasteiger partial charge in [-0.3, -0.25) is 0 Å². The molecule has 2 aromatic carbocycles. The van der Waals surface area contributed by atoms with E-state index >= 15 is 0 Å². The van der Waals surface area contributed by atoms with Gasteiger partial charge in [0.25, 0.3) is 0 Å². The summed E-state index contributed by atoms with van der Waals surface area (Å²) >= 11 is 0. The predicted octanol–water partition coefficient (Wildman–Crippen LogP) is 3.96. The zero-order valence-corrected chi connectivity index (χ0v) is 13.2. The Morgan fingerprint density at radius 3 is 2.67 bits per heavy atom. The molecule has 1 fully saturated rings. The van der Waals surface area contributed by atoms with E-state index in [1.54, 1.807) is 0 Å². The molecule has 2 heteroatoms. The topological polar surface area (TPSA) is 29.3 Å². The Kier molecular flexibility index (Phi) is 4.01. The van der Waals surface area contributed by atoms with Gasteiger partial charge in [0.1, 0.15) is 0 Å². The van der Waals surface area contributed by atoms with E-state index in [-0.39, 0.29) is 6.04 Å². The van der Waals surface area contributed by atoms with Crippen LogP contribution in [-0.2, 0) is 0 Å². The highest BCUT2D eigenvalue weighted by Gasteiger charge is 2.27. The summed E-state index contributed by atoms with van der Waals surface area (Å²) in [5.41, 5.74) is 8.14. The van der Waals surface area contributed by atoms with Crippen LogP contribution in [0.25, 0.3) is 10.8 Å². The molecule has 1 aliphatic rings. The number of piperidine rings is 1. The lowest BCUT2D eigenvalue weighted by Gasteiger charge is -2.39. The molecular formula is C19H26N2. The molecule has 1 saturated heterocycles. The van der Waals surface area contributed by atoms with E-state index in [4.69, 9.17) is 5.73 Å². The van der Waals surface area contributed by atoms with Crippen LogP contribution in [0.1, 0.15) is 38.3 Å².